The van der Waals surface area contributed by atoms with E-state index in [-0.39, 0.29) is 0 Å². The number of hydrogen-bond donors (Lipinski definition) is 1. The summed E-state index contributed by atoms with van der Waals surface area (Å²) in [5.41, 5.74) is 1.28. The van der Waals surface area contributed by atoms with Gasteiger partial charge in [-0.3, -0.25) is 0 Å². The van der Waals surface area contributed by atoms with Crippen LogP contribution in [0.2, 0.25) is 0 Å². The van der Waals surface area contributed by atoms with Crippen molar-refractivity contribution in [1.82, 2.24) is 4.90 Å². The molecule has 0 aliphatic carbocycles. The van der Waals surface area contributed by atoms with Crippen LogP contribution in [0.15, 0.2) is 24.3 Å². The predicted octanol–water partition coefficient (Wildman–Crippen LogP) is 2.62. The molecule has 3 heteroatoms. The summed E-state index contributed by atoms with van der Waals surface area (Å²) < 4.78 is 5.40. The molecule has 0 saturated carbocycles. The first-order valence-electron chi connectivity index (χ1n) is 5.19. The Balaban J connectivity index is 2.77. The third-order valence-corrected chi connectivity index (χ3v) is 2.72. The third kappa shape index (κ3) is 3.43. The molecule has 1 rings (SSSR count). The largest absolute Gasteiger partial charge is 0.494 e. The molecule has 0 N–H and O–H groups in total. The fourth-order valence-electron chi connectivity index (χ4n) is 1.52. The highest BCUT2D eigenvalue weighted by Gasteiger charge is 2.11. The second kappa shape index (κ2) is 6.03. The lowest BCUT2D eigenvalue weighted by atomic mass is 10.1. The van der Waals surface area contributed by atoms with Crippen molar-refractivity contribution < 1.29 is 4.74 Å². The van der Waals surface area contributed by atoms with Gasteiger partial charge in [-0.2, -0.15) is 12.6 Å². The van der Waals surface area contributed by atoms with Crippen molar-refractivity contribution in [3.63, 3.8) is 0 Å². The standard InChI is InChI=1S/C12H19NOS/c1-4-14-11-7-5-10(6-8-11)12(9-15)13(2)3/h5-8,12,15H,4,9H2,1-3H3. The lowest BCUT2D eigenvalue weighted by Gasteiger charge is -2.22. The van der Waals surface area contributed by atoms with Crippen LogP contribution in [0.25, 0.3) is 0 Å². The quantitative estimate of drug-likeness (QED) is 0.773. The van der Waals surface area contributed by atoms with E-state index in [1.54, 1.807) is 0 Å². The van der Waals surface area contributed by atoms with Gasteiger partial charge in [0.1, 0.15) is 5.75 Å². The molecule has 1 unspecified atom stereocenters. The van der Waals surface area contributed by atoms with Crippen LogP contribution in [0.4, 0.5) is 0 Å². The first-order chi connectivity index (χ1) is 7.19. The normalized spacial score (nSPS) is 12.9. The minimum Gasteiger partial charge on any atom is -0.494 e. The molecule has 0 bridgehead atoms. The molecule has 1 aromatic rings. The molecular formula is C12H19NOS. The van der Waals surface area contributed by atoms with Gasteiger partial charge < -0.3 is 9.64 Å². The summed E-state index contributed by atoms with van der Waals surface area (Å²) in [4.78, 5) is 2.17. The Bertz CT molecular complexity index is 284. The molecule has 0 fully saturated rings. The molecular weight excluding hydrogens is 206 g/mol. The van der Waals surface area contributed by atoms with Gasteiger partial charge in [0.05, 0.1) is 6.61 Å². The van der Waals surface area contributed by atoms with Crippen molar-refractivity contribution in [2.24, 2.45) is 0 Å². The van der Waals surface area contributed by atoms with Gasteiger partial charge >= 0.3 is 0 Å². The molecule has 0 aromatic heterocycles. The molecule has 0 aliphatic heterocycles. The van der Waals surface area contributed by atoms with Crippen molar-refractivity contribution in [1.29, 1.82) is 0 Å². The number of hydrogen-bond acceptors (Lipinski definition) is 3. The molecule has 0 heterocycles. The van der Waals surface area contributed by atoms with Gasteiger partial charge in [-0.15, -0.1) is 0 Å². The Labute approximate surface area is 97.6 Å². The van der Waals surface area contributed by atoms with E-state index in [0.717, 1.165) is 11.5 Å². The molecule has 0 amide bonds. The fourth-order valence-corrected chi connectivity index (χ4v) is 2.06. The average Bonchev–Trinajstić information content (AvgIpc) is 2.21. The molecule has 1 atom stereocenters. The lowest BCUT2D eigenvalue weighted by molar-refractivity contribution is 0.324. The van der Waals surface area contributed by atoms with E-state index in [0.29, 0.717) is 12.6 Å². The summed E-state index contributed by atoms with van der Waals surface area (Å²) >= 11 is 4.36. The van der Waals surface area contributed by atoms with Crippen molar-refractivity contribution >= 4 is 12.6 Å². The van der Waals surface area contributed by atoms with Crippen LogP contribution in [0.1, 0.15) is 18.5 Å². The Hall–Kier alpha value is -0.670. The number of benzene rings is 1. The zero-order valence-electron chi connectivity index (χ0n) is 9.60. The molecule has 1 aromatic carbocycles. The van der Waals surface area contributed by atoms with Gasteiger partial charge in [0.25, 0.3) is 0 Å². The summed E-state index contributed by atoms with van der Waals surface area (Å²) in [6.07, 6.45) is 0. The topological polar surface area (TPSA) is 12.5 Å². The average molecular weight is 225 g/mol. The number of rotatable bonds is 5. The number of ether oxygens (including phenoxy) is 1. The highest BCUT2D eigenvalue weighted by atomic mass is 32.1. The zero-order valence-corrected chi connectivity index (χ0v) is 10.5. The van der Waals surface area contributed by atoms with Gasteiger partial charge in [0.15, 0.2) is 0 Å². The third-order valence-electron chi connectivity index (χ3n) is 2.37. The zero-order chi connectivity index (χ0) is 11.3. The van der Waals surface area contributed by atoms with Crippen LogP contribution in [0.5, 0.6) is 5.75 Å². The molecule has 15 heavy (non-hydrogen) atoms. The summed E-state index contributed by atoms with van der Waals surface area (Å²) in [5.74, 6) is 1.75. The maximum Gasteiger partial charge on any atom is 0.119 e. The first-order valence-corrected chi connectivity index (χ1v) is 5.82. The van der Waals surface area contributed by atoms with Gasteiger partial charge in [0, 0.05) is 11.8 Å². The van der Waals surface area contributed by atoms with Gasteiger partial charge in [-0.1, -0.05) is 12.1 Å². The van der Waals surface area contributed by atoms with Crippen LogP contribution in [-0.2, 0) is 0 Å². The molecule has 0 aliphatic rings. The molecule has 0 saturated heterocycles. The SMILES string of the molecule is CCOc1ccc(C(CS)N(C)C)cc1. The van der Waals surface area contributed by atoms with E-state index in [9.17, 15) is 0 Å². The molecule has 0 spiro atoms. The van der Waals surface area contributed by atoms with Gasteiger partial charge in [-0.05, 0) is 38.7 Å². The van der Waals surface area contributed by atoms with E-state index < -0.39 is 0 Å². The highest BCUT2D eigenvalue weighted by Crippen LogP contribution is 2.22. The fraction of sp³-hybridized carbons (Fsp3) is 0.500. The number of thiol groups is 1. The predicted molar refractivity (Wildman–Crippen MR) is 67.9 cm³/mol. The maximum absolute atomic E-state index is 5.40. The van der Waals surface area contributed by atoms with Crippen LogP contribution in [-0.4, -0.2) is 31.4 Å². The first kappa shape index (κ1) is 12.4. The summed E-state index contributed by atoms with van der Waals surface area (Å²) in [5, 5.41) is 0. The van der Waals surface area contributed by atoms with Crippen molar-refractivity contribution in [2.45, 2.75) is 13.0 Å². The van der Waals surface area contributed by atoms with Crippen molar-refractivity contribution in [3.05, 3.63) is 29.8 Å². The van der Waals surface area contributed by atoms with Crippen LogP contribution in [0.3, 0.4) is 0 Å². The monoisotopic (exact) mass is 225 g/mol. The molecule has 84 valence electrons. The van der Waals surface area contributed by atoms with E-state index in [4.69, 9.17) is 4.74 Å². The van der Waals surface area contributed by atoms with E-state index in [1.807, 2.05) is 19.1 Å². The van der Waals surface area contributed by atoms with Gasteiger partial charge in [-0.25, -0.2) is 0 Å². The minimum atomic E-state index is 0.365. The van der Waals surface area contributed by atoms with Crippen LogP contribution < -0.4 is 4.74 Å². The lowest BCUT2D eigenvalue weighted by Crippen LogP contribution is -2.21. The Kier molecular flexibility index (Phi) is 4.99. The van der Waals surface area contributed by atoms with E-state index in [2.05, 4.69) is 43.8 Å². The highest BCUT2D eigenvalue weighted by molar-refractivity contribution is 7.80. The summed E-state index contributed by atoms with van der Waals surface area (Å²) in [6.45, 7) is 2.70. The summed E-state index contributed by atoms with van der Waals surface area (Å²) in [6, 6.07) is 8.60. The second-order valence-corrected chi connectivity index (χ2v) is 4.03. The maximum atomic E-state index is 5.40. The molecule has 0 radical (unpaired) electrons. The second-order valence-electron chi connectivity index (χ2n) is 3.66. The van der Waals surface area contributed by atoms with E-state index in [1.165, 1.54) is 5.56 Å². The molecule has 2 nitrogen and oxygen atoms in total. The van der Waals surface area contributed by atoms with Crippen molar-refractivity contribution in [2.75, 3.05) is 26.5 Å². The number of nitrogens with zero attached hydrogens (tertiary/aromatic N) is 1. The van der Waals surface area contributed by atoms with Crippen LogP contribution >= 0.6 is 12.6 Å². The Morgan fingerprint density at radius 3 is 2.27 bits per heavy atom. The Morgan fingerprint density at radius 1 is 1.27 bits per heavy atom. The van der Waals surface area contributed by atoms with Crippen molar-refractivity contribution in [3.8, 4) is 5.75 Å². The Morgan fingerprint density at radius 2 is 1.87 bits per heavy atom. The minimum absolute atomic E-state index is 0.365. The van der Waals surface area contributed by atoms with Crippen LogP contribution in [0, 0.1) is 0 Å². The smallest absolute Gasteiger partial charge is 0.119 e. The van der Waals surface area contributed by atoms with E-state index >= 15 is 0 Å². The summed E-state index contributed by atoms with van der Waals surface area (Å²) in [7, 11) is 4.13. The van der Waals surface area contributed by atoms with Gasteiger partial charge in [0.2, 0.25) is 0 Å².